The fraction of sp³-hybridized carbons (Fsp3) is 0.448. The zero-order valence-corrected chi connectivity index (χ0v) is 19.5. The van der Waals surface area contributed by atoms with E-state index in [0.717, 1.165) is 36.8 Å². The van der Waals surface area contributed by atoms with Crippen molar-refractivity contribution >= 4 is 5.57 Å². The Morgan fingerprint density at radius 2 is 1.83 bits per heavy atom. The van der Waals surface area contributed by atoms with E-state index in [-0.39, 0.29) is 5.41 Å². The second-order valence-corrected chi connectivity index (χ2v) is 10.0. The molecule has 0 heterocycles. The Balaban J connectivity index is 1.93. The first-order valence-electron chi connectivity index (χ1n) is 11.5. The van der Waals surface area contributed by atoms with Crippen LogP contribution in [0.1, 0.15) is 68.4 Å². The zero-order chi connectivity index (χ0) is 22.0. The van der Waals surface area contributed by atoms with Crippen LogP contribution in [0.15, 0.2) is 59.9 Å². The molecule has 3 aliphatic carbocycles. The molecule has 1 aromatic rings. The summed E-state index contributed by atoms with van der Waals surface area (Å²) in [6, 6.07) is 2.46. The molecular formula is C29H37N. The van der Waals surface area contributed by atoms with Gasteiger partial charge in [-0.1, -0.05) is 58.2 Å². The molecule has 0 saturated heterocycles. The van der Waals surface area contributed by atoms with Crippen LogP contribution < -0.4 is 5.73 Å². The molecule has 0 aliphatic heterocycles. The molecule has 0 radical (unpaired) electrons. The van der Waals surface area contributed by atoms with Crippen LogP contribution in [0.4, 0.5) is 0 Å². The quantitative estimate of drug-likeness (QED) is 0.581. The van der Waals surface area contributed by atoms with E-state index in [4.69, 9.17) is 12.3 Å². The summed E-state index contributed by atoms with van der Waals surface area (Å²) in [6.07, 6.45) is 7.79. The molecule has 3 aliphatic rings. The van der Waals surface area contributed by atoms with Gasteiger partial charge in [0.05, 0.1) is 0 Å². The predicted octanol–water partition coefficient (Wildman–Crippen LogP) is 7.01. The second-order valence-electron chi connectivity index (χ2n) is 10.0. The fourth-order valence-corrected chi connectivity index (χ4v) is 6.98. The molecule has 30 heavy (non-hydrogen) atoms. The van der Waals surface area contributed by atoms with E-state index in [9.17, 15) is 0 Å². The maximum absolute atomic E-state index is 6.10. The SMILES string of the molecule is C=C(N)C1=CCC2C[C@@]3(C)Cc4c(CC)cc(CC)c(C)c4C(=C)C3=C(C)C2C1=C. The largest absolute Gasteiger partial charge is 0.399 e. The van der Waals surface area contributed by atoms with Crippen molar-refractivity contribution in [3.05, 3.63) is 87.7 Å². The summed E-state index contributed by atoms with van der Waals surface area (Å²) in [4.78, 5) is 0. The van der Waals surface area contributed by atoms with Crippen molar-refractivity contribution in [1.82, 2.24) is 0 Å². The highest BCUT2D eigenvalue weighted by Crippen LogP contribution is 2.59. The average Bonchev–Trinajstić information content (AvgIpc) is 2.67. The number of allylic oxidation sites excluding steroid dienone is 5. The lowest BCUT2D eigenvalue weighted by Crippen LogP contribution is -2.40. The topological polar surface area (TPSA) is 26.0 Å². The molecule has 2 unspecified atom stereocenters. The molecule has 0 spiro atoms. The lowest BCUT2D eigenvalue weighted by atomic mass is 9.53. The van der Waals surface area contributed by atoms with Crippen LogP contribution in [0.3, 0.4) is 0 Å². The van der Waals surface area contributed by atoms with Crippen molar-refractivity contribution in [3.63, 3.8) is 0 Å². The summed E-state index contributed by atoms with van der Waals surface area (Å²) >= 11 is 0. The molecule has 2 N–H and O–H groups in total. The first-order chi connectivity index (χ1) is 14.1. The fourth-order valence-electron chi connectivity index (χ4n) is 6.98. The van der Waals surface area contributed by atoms with Crippen LogP contribution in [-0.4, -0.2) is 0 Å². The maximum Gasteiger partial charge on any atom is 0.0314 e. The molecular weight excluding hydrogens is 362 g/mol. The van der Waals surface area contributed by atoms with E-state index in [1.807, 2.05) is 0 Å². The standard InChI is InChI=1S/C29H37N/c1-9-21-13-22(10-2)25-15-29(8)14-23-11-12-24(20(7)30)17(4)26(23)18(5)28(29)19(6)27(25)16(21)3/h12-13,23,26H,4,6-7,9-11,14-15,30H2,1-3,5,8H3/t23?,26?,29-/m0/s1. The van der Waals surface area contributed by atoms with Crippen LogP contribution in [0.5, 0.6) is 0 Å². The van der Waals surface area contributed by atoms with E-state index in [2.05, 4.69) is 59.9 Å². The van der Waals surface area contributed by atoms with Gasteiger partial charge in [-0.15, -0.1) is 0 Å². The Morgan fingerprint density at radius 1 is 1.17 bits per heavy atom. The van der Waals surface area contributed by atoms with Gasteiger partial charge in [0.1, 0.15) is 0 Å². The highest BCUT2D eigenvalue weighted by atomic mass is 14.6. The van der Waals surface area contributed by atoms with Crippen molar-refractivity contribution in [2.45, 2.75) is 66.7 Å². The number of fused-ring (bicyclic) bond motifs is 3. The van der Waals surface area contributed by atoms with Crippen molar-refractivity contribution in [2.24, 2.45) is 23.0 Å². The molecule has 0 bridgehead atoms. The van der Waals surface area contributed by atoms with Gasteiger partial charge in [0.25, 0.3) is 0 Å². The summed E-state index contributed by atoms with van der Waals surface area (Å²) in [5.74, 6) is 0.941. The molecule has 1 nitrogen and oxygen atoms in total. The van der Waals surface area contributed by atoms with Crippen LogP contribution in [0.2, 0.25) is 0 Å². The van der Waals surface area contributed by atoms with Crippen molar-refractivity contribution in [1.29, 1.82) is 0 Å². The van der Waals surface area contributed by atoms with Gasteiger partial charge in [-0.25, -0.2) is 0 Å². The second kappa shape index (κ2) is 7.15. The number of rotatable bonds is 3. The highest BCUT2D eigenvalue weighted by molar-refractivity contribution is 5.87. The first-order valence-corrected chi connectivity index (χ1v) is 11.5. The van der Waals surface area contributed by atoms with Gasteiger partial charge in [0, 0.05) is 11.6 Å². The minimum absolute atomic E-state index is 0.144. The Bertz CT molecular complexity index is 1040. The van der Waals surface area contributed by atoms with Crippen LogP contribution in [0, 0.1) is 24.2 Å². The Morgan fingerprint density at radius 3 is 2.43 bits per heavy atom. The zero-order valence-electron chi connectivity index (χ0n) is 19.5. The molecule has 4 rings (SSSR count). The number of nitrogens with two attached hydrogens (primary N) is 1. The molecule has 158 valence electrons. The molecule has 0 fully saturated rings. The van der Waals surface area contributed by atoms with Gasteiger partial charge >= 0.3 is 0 Å². The van der Waals surface area contributed by atoms with Gasteiger partial charge in [-0.3, -0.25) is 0 Å². The normalized spacial score (nSPS) is 28.0. The third-order valence-electron chi connectivity index (χ3n) is 8.17. The van der Waals surface area contributed by atoms with Crippen molar-refractivity contribution in [3.8, 4) is 0 Å². The Hall–Kier alpha value is -2.28. The van der Waals surface area contributed by atoms with Gasteiger partial charge in [0.2, 0.25) is 0 Å². The summed E-state index contributed by atoms with van der Waals surface area (Å²) in [7, 11) is 0. The summed E-state index contributed by atoms with van der Waals surface area (Å²) in [5, 5.41) is 0. The molecule has 1 heteroatoms. The minimum Gasteiger partial charge on any atom is -0.399 e. The number of hydrogen-bond acceptors (Lipinski definition) is 1. The number of hydrogen-bond donors (Lipinski definition) is 1. The van der Waals surface area contributed by atoms with E-state index < -0.39 is 0 Å². The predicted molar refractivity (Wildman–Crippen MR) is 130 cm³/mol. The molecule has 3 atom stereocenters. The number of aryl methyl sites for hydroxylation is 2. The smallest absolute Gasteiger partial charge is 0.0314 e. The summed E-state index contributed by atoms with van der Waals surface area (Å²) in [5.41, 5.74) is 20.7. The van der Waals surface area contributed by atoms with Crippen molar-refractivity contribution in [2.75, 3.05) is 0 Å². The van der Waals surface area contributed by atoms with E-state index in [1.54, 1.807) is 5.56 Å². The monoisotopic (exact) mass is 399 g/mol. The third-order valence-corrected chi connectivity index (χ3v) is 8.17. The van der Waals surface area contributed by atoms with E-state index >= 15 is 0 Å². The molecule has 1 aromatic carbocycles. The lowest BCUT2D eigenvalue weighted by molar-refractivity contribution is 0.224. The van der Waals surface area contributed by atoms with E-state index in [0.29, 0.717) is 17.5 Å². The summed E-state index contributed by atoms with van der Waals surface area (Å²) in [6.45, 7) is 24.9. The minimum atomic E-state index is 0.144. The Labute approximate surface area is 183 Å². The van der Waals surface area contributed by atoms with Crippen LogP contribution in [0.25, 0.3) is 5.57 Å². The van der Waals surface area contributed by atoms with Gasteiger partial charge < -0.3 is 5.73 Å². The number of benzene rings is 1. The van der Waals surface area contributed by atoms with Crippen LogP contribution >= 0.6 is 0 Å². The third kappa shape index (κ3) is 2.82. The van der Waals surface area contributed by atoms with Crippen molar-refractivity contribution < 1.29 is 0 Å². The first kappa shape index (κ1) is 21.0. The highest BCUT2D eigenvalue weighted by Gasteiger charge is 2.48. The van der Waals surface area contributed by atoms with Gasteiger partial charge in [0.15, 0.2) is 0 Å². The molecule has 0 aromatic heterocycles. The maximum atomic E-state index is 6.10. The summed E-state index contributed by atoms with van der Waals surface area (Å²) < 4.78 is 0. The lowest BCUT2D eigenvalue weighted by Gasteiger charge is -2.51. The van der Waals surface area contributed by atoms with E-state index in [1.165, 1.54) is 45.4 Å². The van der Waals surface area contributed by atoms with Gasteiger partial charge in [-0.05, 0) is 107 Å². The Kier molecular flexibility index (Phi) is 5.00. The molecule has 0 amide bonds. The molecule has 0 saturated carbocycles. The van der Waals surface area contributed by atoms with Gasteiger partial charge in [-0.2, -0.15) is 0 Å². The van der Waals surface area contributed by atoms with Crippen LogP contribution in [-0.2, 0) is 19.3 Å². The average molecular weight is 400 g/mol.